The highest BCUT2D eigenvalue weighted by Gasteiger charge is 2.22. The Morgan fingerprint density at radius 2 is 2.11 bits per heavy atom. The molecule has 2 N–H and O–H groups in total. The number of methoxy groups -OCH3 is 1. The molecule has 28 heavy (non-hydrogen) atoms. The number of aromatic nitrogens is 3. The molecule has 2 heterocycles. The minimum atomic E-state index is -0.452. The molecule has 9 nitrogen and oxygen atoms in total. The lowest BCUT2D eigenvalue weighted by molar-refractivity contribution is -0.385. The maximum atomic E-state index is 11.5. The molecule has 3 rings (SSSR count). The van der Waals surface area contributed by atoms with Gasteiger partial charge in [-0.25, -0.2) is 4.98 Å². The van der Waals surface area contributed by atoms with Crippen molar-refractivity contribution >= 4 is 11.5 Å². The topological polar surface area (TPSA) is 118 Å². The molecule has 0 unspecified atom stereocenters. The lowest BCUT2D eigenvalue weighted by atomic mass is 10.0. The van der Waals surface area contributed by atoms with E-state index in [1.54, 1.807) is 30.1 Å². The summed E-state index contributed by atoms with van der Waals surface area (Å²) in [4.78, 5) is 15.2. The Labute approximate surface area is 161 Å². The van der Waals surface area contributed by atoms with E-state index in [0.717, 1.165) is 11.3 Å². The van der Waals surface area contributed by atoms with Crippen LogP contribution in [0.15, 0.2) is 42.6 Å². The molecule has 9 heteroatoms. The summed E-state index contributed by atoms with van der Waals surface area (Å²) < 4.78 is 12.6. The predicted molar refractivity (Wildman–Crippen MR) is 104 cm³/mol. The zero-order chi connectivity index (χ0) is 20.1. The van der Waals surface area contributed by atoms with Gasteiger partial charge in [0.15, 0.2) is 0 Å². The van der Waals surface area contributed by atoms with Gasteiger partial charge in [0.1, 0.15) is 5.82 Å². The average molecular weight is 383 g/mol. The van der Waals surface area contributed by atoms with Crippen LogP contribution in [-0.4, -0.2) is 33.4 Å². The van der Waals surface area contributed by atoms with E-state index in [-0.39, 0.29) is 11.4 Å². The molecule has 0 aliphatic rings. The summed E-state index contributed by atoms with van der Waals surface area (Å²) in [5.74, 6) is 0.629. The maximum absolute atomic E-state index is 11.5. The van der Waals surface area contributed by atoms with Gasteiger partial charge in [0, 0.05) is 19.3 Å². The van der Waals surface area contributed by atoms with Crippen LogP contribution in [0.1, 0.15) is 11.3 Å². The molecule has 146 valence electrons. The zero-order valence-corrected chi connectivity index (χ0v) is 15.7. The first-order valence-corrected chi connectivity index (χ1v) is 8.62. The van der Waals surface area contributed by atoms with Gasteiger partial charge in [-0.05, 0) is 36.2 Å². The number of aryl methyl sites for hydroxylation is 1. The van der Waals surface area contributed by atoms with Crippen molar-refractivity contribution in [2.75, 3.05) is 19.5 Å². The second-order valence-electron chi connectivity index (χ2n) is 6.18. The maximum Gasteiger partial charge on any atom is 0.311 e. The largest absolute Gasteiger partial charge is 0.490 e. The highest BCUT2D eigenvalue weighted by molar-refractivity contribution is 5.74. The molecule has 3 aromatic rings. The molecule has 0 fully saturated rings. The van der Waals surface area contributed by atoms with Crippen LogP contribution in [0.25, 0.3) is 11.3 Å². The molecule has 0 radical (unpaired) electrons. The van der Waals surface area contributed by atoms with Crippen LogP contribution in [-0.2, 0) is 24.8 Å². The Bertz CT molecular complexity index is 986. The first kappa shape index (κ1) is 19.3. The third-order valence-electron chi connectivity index (χ3n) is 4.13. The van der Waals surface area contributed by atoms with Gasteiger partial charge in [-0.3, -0.25) is 14.8 Å². The number of hydrogen-bond donors (Lipinski definition) is 1. The molecule has 0 amide bonds. The smallest absolute Gasteiger partial charge is 0.311 e. The Kier molecular flexibility index (Phi) is 5.85. The zero-order valence-electron chi connectivity index (χ0n) is 15.7. The molecule has 2 aromatic heterocycles. The van der Waals surface area contributed by atoms with Gasteiger partial charge < -0.3 is 15.2 Å². The summed E-state index contributed by atoms with van der Waals surface area (Å²) in [5, 5.41) is 15.9. The quantitative estimate of drug-likeness (QED) is 0.361. The lowest BCUT2D eigenvalue weighted by Gasteiger charge is -2.11. The highest BCUT2D eigenvalue weighted by atomic mass is 16.6. The first-order valence-electron chi connectivity index (χ1n) is 8.62. The number of nitro groups is 1. The number of nitro benzene ring substituents is 1. The fraction of sp³-hybridized carbons (Fsp3) is 0.263. The summed E-state index contributed by atoms with van der Waals surface area (Å²) in [6.07, 6.45) is 2.27. The normalized spacial score (nSPS) is 10.8. The molecular weight excluding hydrogens is 362 g/mol. The molecule has 0 atom stereocenters. The van der Waals surface area contributed by atoms with Crippen LogP contribution in [0, 0.1) is 10.1 Å². The number of ether oxygens (including phenoxy) is 2. The number of hydrogen-bond acceptors (Lipinski definition) is 7. The van der Waals surface area contributed by atoms with Crippen molar-refractivity contribution in [3.8, 4) is 17.0 Å². The number of nitrogen functional groups attached to an aromatic ring is 1. The number of nitrogens with two attached hydrogens (primary N) is 1. The van der Waals surface area contributed by atoms with Gasteiger partial charge >= 0.3 is 5.69 Å². The minimum absolute atomic E-state index is 0.0989. The highest BCUT2D eigenvalue weighted by Crippen LogP contribution is 2.38. The fourth-order valence-corrected chi connectivity index (χ4v) is 2.86. The summed E-state index contributed by atoms with van der Waals surface area (Å²) in [5.41, 5.74) is 8.22. The van der Waals surface area contributed by atoms with Crippen molar-refractivity contribution in [2.24, 2.45) is 7.05 Å². The SMILES string of the molecule is COc1c(-c2ccn(C)n2)cc(CCOCc2cccc(N)n2)cc1[N+](=O)[O-]. The van der Waals surface area contributed by atoms with E-state index in [9.17, 15) is 10.1 Å². The molecule has 0 saturated carbocycles. The lowest BCUT2D eigenvalue weighted by Crippen LogP contribution is -2.04. The Hall–Kier alpha value is -3.46. The van der Waals surface area contributed by atoms with Crippen molar-refractivity contribution in [1.82, 2.24) is 14.8 Å². The van der Waals surface area contributed by atoms with E-state index >= 15 is 0 Å². The monoisotopic (exact) mass is 383 g/mol. The van der Waals surface area contributed by atoms with E-state index in [1.807, 2.05) is 18.2 Å². The Morgan fingerprint density at radius 1 is 1.29 bits per heavy atom. The van der Waals surface area contributed by atoms with E-state index in [0.29, 0.717) is 36.7 Å². The van der Waals surface area contributed by atoms with E-state index in [2.05, 4.69) is 10.1 Å². The second-order valence-corrected chi connectivity index (χ2v) is 6.18. The van der Waals surface area contributed by atoms with Crippen LogP contribution < -0.4 is 10.5 Å². The summed E-state index contributed by atoms with van der Waals surface area (Å²) >= 11 is 0. The van der Waals surface area contributed by atoms with Gasteiger partial charge in [0.05, 0.1) is 42.2 Å². The van der Waals surface area contributed by atoms with Crippen molar-refractivity contribution in [3.05, 3.63) is 64.0 Å². The van der Waals surface area contributed by atoms with Gasteiger partial charge in [0.2, 0.25) is 5.75 Å². The van der Waals surface area contributed by atoms with Crippen molar-refractivity contribution < 1.29 is 14.4 Å². The third-order valence-corrected chi connectivity index (χ3v) is 4.13. The second kappa shape index (κ2) is 8.49. The molecule has 0 spiro atoms. The standard InChI is InChI=1S/C19H21N5O4/c1-23-8-6-16(22-23)15-10-13(11-17(24(25)26)19(15)27-2)7-9-28-12-14-4-3-5-18(20)21-14/h3-6,8,10-11H,7,9,12H2,1-2H3,(H2,20,21). The van der Waals surface area contributed by atoms with Gasteiger partial charge in [-0.2, -0.15) is 5.10 Å². The minimum Gasteiger partial charge on any atom is -0.490 e. The van der Waals surface area contributed by atoms with Crippen LogP contribution in [0.4, 0.5) is 11.5 Å². The van der Waals surface area contributed by atoms with Crippen molar-refractivity contribution in [2.45, 2.75) is 13.0 Å². The molecular formula is C19H21N5O4. The summed E-state index contributed by atoms with van der Waals surface area (Å²) in [6.45, 7) is 0.692. The van der Waals surface area contributed by atoms with Crippen LogP contribution >= 0.6 is 0 Å². The first-order chi connectivity index (χ1) is 13.5. The molecule has 1 aromatic carbocycles. The van der Waals surface area contributed by atoms with E-state index in [1.165, 1.54) is 13.2 Å². The van der Waals surface area contributed by atoms with E-state index < -0.39 is 4.92 Å². The number of pyridine rings is 1. The molecule has 0 aliphatic carbocycles. The molecule has 0 aliphatic heterocycles. The summed E-state index contributed by atoms with van der Waals surface area (Å²) in [7, 11) is 3.20. The molecule has 0 bridgehead atoms. The average Bonchev–Trinajstić information content (AvgIpc) is 3.10. The van der Waals surface area contributed by atoms with Crippen LogP contribution in [0.5, 0.6) is 5.75 Å². The Morgan fingerprint density at radius 3 is 2.75 bits per heavy atom. The number of benzene rings is 1. The third kappa shape index (κ3) is 4.44. The number of anilines is 1. The van der Waals surface area contributed by atoms with Crippen molar-refractivity contribution in [1.29, 1.82) is 0 Å². The number of nitrogens with zero attached hydrogens (tertiary/aromatic N) is 4. The van der Waals surface area contributed by atoms with Crippen LogP contribution in [0.2, 0.25) is 0 Å². The van der Waals surface area contributed by atoms with E-state index in [4.69, 9.17) is 15.2 Å². The van der Waals surface area contributed by atoms with Crippen molar-refractivity contribution in [3.63, 3.8) is 0 Å². The Balaban J connectivity index is 1.78. The number of rotatable bonds is 8. The summed E-state index contributed by atoms with van der Waals surface area (Å²) in [6, 6.07) is 10.5. The van der Waals surface area contributed by atoms with Crippen LogP contribution in [0.3, 0.4) is 0 Å². The van der Waals surface area contributed by atoms with Gasteiger partial charge in [0.25, 0.3) is 0 Å². The predicted octanol–water partition coefficient (Wildman–Crippen LogP) is 2.74. The fourth-order valence-electron chi connectivity index (χ4n) is 2.86. The van der Waals surface area contributed by atoms with Gasteiger partial charge in [-0.1, -0.05) is 6.07 Å². The molecule has 0 saturated heterocycles. The van der Waals surface area contributed by atoms with Gasteiger partial charge in [-0.15, -0.1) is 0 Å².